The number of nitrogens with zero attached hydrogens (tertiary/aromatic N) is 5. The lowest BCUT2D eigenvalue weighted by Crippen LogP contribution is -2.21. The molecule has 3 rings (SSSR count). The molecule has 0 bridgehead atoms. The molecule has 0 saturated carbocycles. The van der Waals surface area contributed by atoms with Crippen LogP contribution >= 0.6 is 0 Å². The van der Waals surface area contributed by atoms with Crippen LogP contribution in [-0.2, 0) is 0 Å². The minimum absolute atomic E-state index is 0.326. The van der Waals surface area contributed by atoms with Gasteiger partial charge in [-0.05, 0) is 12.8 Å². The number of aromatic nitrogens is 3. The van der Waals surface area contributed by atoms with Crippen molar-refractivity contribution in [2.45, 2.75) is 26.7 Å². The van der Waals surface area contributed by atoms with Crippen LogP contribution < -0.4 is 4.90 Å². The van der Waals surface area contributed by atoms with Gasteiger partial charge in [-0.2, -0.15) is 10.4 Å². The smallest absolute Gasteiger partial charge is 0.184 e. The Morgan fingerprint density at radius 1 is 1.32 bits per heavy atom. The van der Waals surface area contributed by atoms with Crippen molar-refractivity contribution < 1.29 is 4.39 Å². The first kappa shape index (κ1) is 13.3. The van der Waals surface area contributed by atoms with Crippen molar-refractivity contribution in [3.8, 4) is 6.07 Å². The number of nitriles is 1. The van der Waals surface area contributed by atoms with E-state index in [1.807, 2.05) is 24.8 Å². The predicted molar refractivity (Wildman–Crippen MR) is 70.5 cm³/mol. The second-order valence-electron chi connectivity index (χ2n) is 4.04. The first-order chi connectivity index (χ1) is 9.29. The summed E-state index contributed by atoms with van der Waals surface area (Å²) in [6.45, 7) is 5.63. The summed E-state index contributed by atoms with van der Waals surface area (Å²) in [5.41, 5.74) is 0.779. The van der Waals surface area contributed by atoms with Crippen molar-refractivity contribution in [1.29, 1.82) is 5.26 Å². The molecule has 2 aromatic heterocycles. The second kappa shape index (κ2) is 5.65. The van der Waals surface area contributed by atoms with Gasteiger partial charge in [-0.1, -0.05) is 13.8 Å². The molecule has 0 N–H and O–H groups in total. The molecule has 0 radical (unpaired) electrons. The Morgan fingerprint density at radius 2 is 2.00 bits per heavy atom. The van der Waals surface area contributed by atoms with Crippen LogP contribution in [0.4, 0.5) is 10.2 Å². The average Bonchev–Trinajstić information content (AvgIpc) is 3.08. The normalized spacial score (nSPS) is 14.1. The monoisotopic (exact) mass is 261 g/mol. The average molecular weight is 261 g/mol. The number of hydrogen-bond acceptors (Lipinski definition) is 4. The van der Waals surface area contributed by atoms with E-state index < -0.39 is 5.82 Å². The maximum Gasteiger partial charge on any atom is 0.184 e. The summed E-state index contributed by atoms with van der Waals surface area (Å²) in [5, 5.41) is 12.8. The fourth-order valence-corrected chi connectivity index (χ4v) is 2.11. The summed E-state index contributed by atoms with van der Waals surface area (Å²) in [7, 11) is 0. The lowest BCUT2D eigenvalue weighted by atomic mass is 10.4. The summed E-state index contributed by atoms with van der Waals surface area (Å²) < 4.78 is 15.1. The van der Waals surface area contributed by atoms with Gasteiger partial charge in [-0.15, -0.1) is 0 Å². The van der Waals surface area contributed by atoms with Crippen molar-refractivity contribution in [2.24, 2.45) is 0 Å². The lowest BCUT2D eigenvalue weighted by molar-refractivity contribution is 0.602. The summed E-state index contributed by atoms with van der Waals surface area (Å²) >= 11 is 0. The van der Waals surface area contributed by atoms with Crippen LogP contribution in [0, 0.1) is 17.1 Å². The highest BCUT2D eigenvalue weighted by Gasteiger charge is 2.19. The van der Waals surface area contributed by atoms with E-state index in [-0.39, 0.29) is 0 Å². The Hall–Kier alpha value is -2.16. The van der Waals surface area contributed by atoms with E-state index in [1.54, 1.807) is 0 Å². The van der Waals surface area contributed by atoms with Gasteiger partial charge in [0.05, 0.1) is 12.4 Å². The molecule has 3 heterocycles. The van der Waals surface area contributed by atoms with E-state index in [9.17, 15) is 4.39 Å². The lowest BCUT2D eigenvalue weighted by Gasteiger charge is -2.16. The topological polar surface area (TPSA) is 57.2 Å². The quantitative estimate of drug-likeness (QED) is 0.790. The van der Waals surface area contributed by atoms with Crippen molar-refractivity contribution in [1.82, 2.24) is 14.6 Å². The van der Waals surface area contributed by atoms with Crippen LogP contribution in [0.5, 0.6) is 0 Å². The van der Waals surface area contributed by atoms with Crippen molar-refractivity contribution in [2.75, 3.05) is 18.0 Å². The van der Waals surface area contributed by atoms with Crippen molar-refractivity contribution in [3.05, 3.63) is 23.8 Å². The molecule has 1 fully saturated rings. The van der Waals surface area contributed by atoms with Gasteiger partial charge in [0.1, 0.15) is 11.6 Å². The van der Waals surface area contributed by atoms with Crippen molar-refractivity contribution >= 4 is 11.5 Å². The fraction of sp³-hybridized carbons (Fsp3) is 0.462. The molecular formula is C13H16FN5. The third-order valence-corrected chi connectivity index (χ3v) is 2.96. The molecule has 6 heteroatoms. The molecule has 1 aliphatic rings. The second-order valence-corrected chi connectivity index (χ2v) is 4.04. The molecular weight excluding hydrogens is 245 g/mol. The molecule has 1 aliphatic heterocycles. The third kappa shape index (κ3) is 2.36. The van der Waals surface area contributed by atoms with Crippen LogP contribution in [0.2, 0.25) is 0 Å². The molecule has 0 atom stereocenters. The summed E-state index contributed by atoms with van der Waals surface area (Å²) in [5.74, 6) is -0.0704. The molecule has 5 nitrogen and oxygen atoms in total. The van der Waals surface area contributed by atoms with E-state index in [2.05, 4.69) is 10.1 Å². The van der Waals surface area contributed by atoms with Crippen LogP contribution in [0.25, 0.3) is 5.65 Å². The highest BCUT2D eigenvalue weighted by Crippen LogP contribution is 2.22. The number of fused-ring (bicyclic) bond motifs is 1. The molecule has 2 aromatic rings. The Morgan fingerprint density at radius 3 is 2.63 bits per heavy atom. The zero-order valence-corrected chi connectivity index (χ0v) is 11.1. The largest absolute Gasteiger partial charge is 0.354 e. The number of halogens is 1. The zero-order chi connectivity index (χ0) is 13.8. The van der Waals surface area contributed by atoms with Gasteiger partial charge >= 0.3 is 0 Å². The maximum atomic E-state index is 13.8. The molecule has 0 unspecified atom stereocenters. The summed E-state index contributed by atoms with van der Waals surface area (Å²) in [6.07, 6.45) is 4.78. The minimum Gasteiger partial charge on any atom is -0.354 e. The van der Waals surface area contributed by atoms with Crippen LogP contribution in [0.15, 0.2) is 12.4 Å². The molecule has 0 amide bonds. The highest BCUT2D eigenvalue weighted by molar-refractivity contribution is 5.58. The van der Waals surface area contributed by atoms with Gasteiger partial charge in [-0.25, -0.2) is 13.9 Å². The van der Waals surface area contributed by atoms with Gasteiger partial charge < -0.3 is 4.90 Å². The van der Waals surface area contributed by atoms with E-state index in [0.29, 0.717) is 17.0 Å². The van der Waals surface area contributed by atoms with Crippen molar-refractivity contribution in [3.63, 3.8) is 0 Å². The number of anilines is 1. The molecule has 0 spiro atoms. The first-order valence-corrected chi connectivity index (χ1v) is 6.48. The Bertz CT molecular complexity index is 607. The Balaban J connectivity index is 0.000000637. The van der Waals surface area contributed by atoms with E-state index in [1.165, 1.54) is 16.9 Å². The predicted octanol–water partition coefficient (Wildman–Crippen LogP) is 2.37. The van der Waals surface area contributed by atoms with E-state index in [0.717, 1.165) is 25.9 Å². The van der Waals surface area contributed by atoms with Gasteiger partial charge in [0.15, 0.2) is 17.3 Å². The standard InChI is InChI=1S/C11H10FN5.C2H6/c12-9-7-17-10(8(5-13)6-14-17)15-11(9)16-3-1-2-4-16;1-2/h6-7H,1-4H2;1-2H3. The summed E-state index contributed by atoms with van der Waals surface area (Å²) in [6, 6.07) is 2.00. The van der Waals surface area contributed by atoms with E-state index in [4.69, 9.17) is 5.26 Å². The van der Waals surface area contributed by atoms with Crippen LogP contribution in [0.1, 0.15) is 32.3 Å². The summed E-state index contributed by atoms with van der Waals surface area (Å²) in [4.78, 5) is 6.12. The highest BCUT2D eigenvalue weighted by atomic mass is 19.1. The van der Waals surface area contributed by atoms with Gasteiger partial charge in [0.2, 0.25) is 0 Å². The molecule has 0 aliphatic carbocycles. The van der Waals surface area contributed by atoms with Gasteiger partial charge in [-0.3, -0.25) is 0 Å². The molecule has 19 heavy (non-hydrogen) atoms. The Labute approximate surface area is 111 Å². The fourth-order valence-electron chi connectivity index (χ4n) is 2.11. The number of hydrogen-bond donors (Lipinski definition) is 0. The van der Waals surface area contributed by atoms with E-state index >= 15 is 0 Å². The zero-order valence-electron chi connectivity index (χ0n) is 11.1. The van der Waals surface area contributed by atoms with Crippen LogP contribution in [0.3, 0.4) is 0 Å². The van der Waals surface area contributed by atoms with Crippen LogP contribution in [-0.4, -0.2) is 27.7 Å². The van der Waals surface area contributed by atoms with Gasteiger partial charge in [0, 0.05) is 13.1 Å². The molecule has 0 aromatic carbocycles. The first-order valence-electron chi connectivity index (χ1n) is 6.48. The number of rotatable bonds is 1. The molecule has 1 saturated heterocycles. The maximum absolute atomic E-state index is 13.8. The Kier molecular flexibility index (Phi) is 3.95. The van der Waals surface area contributed by atoms with Gasteiger partial charge in [0.25, 0.3) is 0 Å². The molecule has 100 valence electrons. The SMILES string of the molecule is CC.N#Cc1cnn2cc(F)c(N3CCCC3)nc12. The third-order valence-electron chi connectivity index (χ3n) is 2.96. The minimum atomic E-state index is -0.396.